The van der Waals surface area contributed by atoms with Gasteiger partial charge in [0.25, 0.3) is 0 Å². The number of aliphatic hydroxyl groups is 1. The quantitative estimate of drug-likeness (QED) is 0.490. The monoisotopic (exact) mass is 298 g/mol. The highest BCUT2D eigenvalue weighted by atomic mass is 16.6. The first-order valence-electron chi connectivity index (χ1n) is 7.43. The average Bonchev–Trinajstić information content (AvgIpc) is 2.43. The topological polar surface area (TPSA) is 98.5 Å². The molecule has 1 aliphatic rings. The number of ether oxygens (including phenoxy) is 1. The highest BCUT2D eigenvalue weighted by Crippen LogP contribution is 2.32. The Hall–Kier alpha value is -1.46. The van der Waals surface area contributed by atoms with Gasteiger partial charge < -0.3 is 14.7 Å². The van der Waals surface area contributed by atoms with Crippen LogP contribution in [-0.2, 0) is 4.74 Å². The summed E-state index contributed by atoms with van der Waals surface area (Å²) in [5.41, 5.74) is 6.94. The van der Waals surface area contributed by atoms with Gasteiger partial charge in [-0.1, -0.05) is 12.0 Å². The van der Waals surface area contributed by atoms with E-state index in [1.165, 1.54) is 0 Å². The Kier molecular flexibility index (Phi) is 5.87. The van der Waals surface area contributed by atoms with Crippen LogP contribution in [0.5, 0.6) is 0 Å². The van der Waals surface area contributed by atoms with Crippen LogP contribution in [0.1, 0.15) is 47.0 Å². The van der Waals surface area contributed by atoms with Crippen molar-refractivity contribution >= 4 is 6.09 Å². The van der Waals surface area contributed by atoms with Crippen LogP contribution >= 0.6 is 0 Å². The van der Waals surface area contributed by atoms with Crippen LogP contribution < -0.4 is 0 Å². The lowest BCUT2D eigenvalue weighted by Gasteiger charge is -2.40. The maximum Gasteiger partial charge on any atom is 0.410 e. The molecule has 1 atom stereocenters. The molecular weight excluding hydrogens is 272 g/mol. The third kappa shape index (κ3) is 5.10. The zero-order valence-corrected chi connectivity index (χ0v) is 13.4. The largest absolute Gasteiger partial charge is 0.444 e. The normalized spacial score (nSPS) is 19.6. The second-order valence-electron chi connectivity index (χ2n) is 6.59. The molecule has 0 aromatic heterocycles. The van der Waals surface area contributed by atoms with E-state index in [1.54, 1.807) is 4.90 Å². The molecule has 1 heterocycles. The second-order valence-corrected chi connectivity index (χ2v) is 6.59. The molecule has 1 fully saturated rings. The number of hydrogen-bond acceptors (Lipinski definition) is 4. The zero-order valence-electron chi connectivity index (χ0n) is 13.4. The van der Waals surface area contributed by atoms with Gasteiger partial charge in [-0.15, -0.1) is 0 Å². The van der Waals surface area contributed by atoms with Gasteiger partial charge >= 0.3 is 6.09 Å². The predicted molar refractivity (Wildman–Crippen MR) is 79.8 cm³/mol. The van der Waals surface area contributed by atoms with Crippen molar-refractivity contribution in [2.45, 2.75) is 58.2 Å². The molecule has 1 N–H and O–H groups in total. The maximum atomic E-state index is 12.0. The minimum absolute atomic E-state index is 0.0340. The number of nitrogens with zero attached hydrogens (tertiary/aromatic N) is 4. The Morgan fingerprint density at radius 3 is 2.43 bits per heavy atom. The van der Waals surface area contributed by atoms with Crippen molar-refractivity contribution in [3.05, 3.63) is 10.4 Å². The predicted octanol–water partition coefficient (Wildman–Crippen LogP) is 3.08. The smallest absolute Gasteiger partial charge is 0.410 e. The lowest BCUT2D eigenvalue weighted by atomic mass is 9.79. The van der Waals surface area contributed by atoms with Crippen molar-refractivity contribution in [2.75, 3.05) is 19.6 Å². The van der Waals surface area contributed by atoms with E-state index >= 15 is 0 Å². The molecule has 0 saturated carbocycles. The first kappa shape index (κ1) is 17.6. The van der Waals surface area contributed by atoms with Crippen molar-refractivity contribution < 1.29 is 14.6 Å². The number of likely N-dealkylation sites (tertiary alicyclic amines) is 1. The van der Waals surface area contributed by atoms with Gasteiger partial charge in [-0.25, -0.2) is 4.79 Å². The summed E-state index contributed by atoms with van der Waals surface area (Å²) in [6.45, 7) is 8.59. The third-order valence-corrected chi connectivity index (χ3v) is 3.93. The maximum absolute atomic E-state index is 12.0. The summed E-state index contributed by atoms with van der Waals surface area (Å²) in [7, 11) is 0. The lowest BCUT2D eigenvalue weighted by molar-refractivity contribution is -0.0428. The van der Waals surface area contributed by atoms with Gasteiger partial charge in [0.05, 0.1) is 12.1 Å². The van der Waals surface area contributed by atoms with Crippen LogP contribution in [0.3, 0.4) is 0 Å². The van der Waals surface area contributed by atoms with Gasteiger partial charge in [0.15, 0.2) is 0 Å². The summed E-state index contributed by atoms with van der Waals surface area (Å²) >= 11 is 0. The molecule has 0 spiro atoms. The van der Waals surface area contributed by atoms with Crippen LogP contribution in [0.2, 0.25) is 0 Å². The Morgan fingerprint density at radius 1 is 1.43 bits per heavy atom. The van der Waals surface area contributed by atoms with E-state index in [0.717, 1.165) is 0 Å². The van der Waals surface area contributed by atoms with E-state index in [-0.39, 0.29) is 18.6 Å². The fraction of sp³-hybridized carbons (Fsp3) is 0.929. The van der Waals surface area contributed by atoms with Gasteiger partial charge in [-0.2, -0.15) is 0 Å². The van der Waals surface area contributed by atoms with E-state index < -0.39 is 11.2 Å². The SMILES string of the molecule is CC[C@@](O)(CN=[N+]=[N-])C1CCN(C(=O)OC(C)(C)C)CC1. The van der Waals surface area contributed by atoms with E-state index in [1.807, 2.05) is 27.7 Å². The fourth-order valence-electron chi connectivity index (χ4n) is 2.61. The summed E-state index contributed by atoms with van der Waals surface area (Å²) in [6, 6.07) is 0. The molecule has 120 valence electrons. The van der Waals surface area contributed by atoms with Gasteiger partial charge in [-0.3, -0.25) is 0 Å². The van der Waals surface area contributed by atoms with Gasteiger partial charge in [-0.05, 0) is 51.5 Å². The van der Waals surface area contributed by atoms with Crippen molar-refractivity contribution in [3.8, 4) is 0 Å². The van der Waals surface area contributed by atoms with E-state index in [9.17, 15) is 9.90 Å². The van der Waals surface area contributed by atoms with E-state index in [2.05, 4.69) is 10.0 Å². The highest BCUT2D eigenvalue weighted by molar-refractivity contribution is 5.68. The summed E-state index contributed by atoms with van der Waals surface area (Å²) in [4.78, 5) is 16.4. The van der Waals surface area contributed by atoms with Gasteiger partial charge in [0.1, 0.15) is 5.60 Å². The minimum Gasteiger partial charge on any atom is -0.444 e. The average molecular weight is 298 g/mol. The minimum atomic E-state index is -0.980. The van der Waals surface area contributed by atoms with Crippen LogP contribution in [-0.4, -0.2) is 46.9 Å². The highest BCUT2D eigenvalue weighted by Gasteiger charge is 2.38. The molecule has 1 saturated heterocycles. The molecule has 0 bridgehead atoms. The molecule has 1 aliphatic heterocycles. The Bertz CT molecular complexity index is 407. The number of hydrogen-bond donors (Lipinski definition) is 1. The third-order valence-electron chi connectivity index (χ3n) is 3.93. The lowest BCUT2D eigenvalue weighted by Crippen LogP contribution is -2.49. The molecule has 0 unspecified atom stereocenters. The number of piperidine rings is 1. The van der Waals surface area contributed by atoms with Crippen molar-refractivity contribution in [1.29, 1.82) is 0 Å². The molecule has 7 heteroatoms. The molecule has 1 amide bonds. The number of carbonyl (C=O) groups is 1. The Balaban J connectivity index is 2.58. The number of rotatable bonds is 4. The molecule has 0 aromatic rings. The summed E-state index contributed by atoms with van der Waals surface area (Å²) in [5.74, 6) is 0.0340. The Morgan fingerprint density at radius 2 is 2.00 bits per heavy atom. The molecule has 0 aromatic carbocycles. The van der Waals surface area contributed by atoms with Crippen molar-refractivity contribution in [3.63, 3.8) is 0 Å². The molecule has 0 radical (unpaired) electrons. The fourth-order valence-corrected chi connectivity index (χ4v) is 2.61. The molecule has 1 rings (SSSR count). The summed E-state index contributed by atoms with van der Waals surface area (Å²) in [6.07, 6.45) is 1.59. The van der Waals surface area contributed by atoms with Crippen molar-refractivity contribution in [1.82, 2.24) is 4.90 Å². The standard InChI is InChI=1S/C14H26N4O3/c1-5-14(20,10-16-17-15)11-6-8-18(9-7-11)12(19)21-13(2,3)4/h11,20H,5-10H2,1-4H3/t14-/m1/s1. The Labute approximate surface area is 125 Å². The number of carbonyl (C=O) groups excluding carboxylic acids is 1. The summed E-state index contributed by atoms with van der Waals surface area (Å²) in [5, 5.41) is 14.1. The number of amides is 1. The van der Waals surface area contributed by atoms with Crippen LogP contribution in [0, 0.1) is 5.92 Å². The zero-order chi connectivity index (χ0) is 16.1. The molecular formula is C14H26N4O3. The van der Waals surface area contributed by atoms with Crippen LogP contribution in [0.25, 0.3) is 10.4 Å². The van der Waals surface area contributed by atoms with Gasteiger partial charge in [0, 0.05) is 18.0 Å². The van der Waals surface area contributed by atoms with Crippen molar-refractivity contribution in [2.24, 2.45) is 11.0 Å². The first-order chi connectivity index (χ1) is 9.72. The van der Waals surface area contributed by atoms with Crippen LogP contribution in [0.4, 0.5) is 4.79 Å². The first-order valence-corrected chi connectivity index (χ1v) is 7.43. The van der Waals surface area contributed by atoms with Gasteiger partial charge in [0.2, 0.25) is 0 Å². The molecule has 21 heavy (non-hydrogen) atoms. The number of azide groups is 1. The summed E-state index contributed by atoms with van der Waals surface area (Å²) < 4.78 is 5.35. The second kappa shape index (κ2) is 7.00. The molecule has 7 nitrogen and oxygen atoms in total. The van der Waals surface area contributed by atoms with E-state index in [4.69, 9.17) is 10.3 Å². The molecule has 0 aliphatic carbocycles. The van der Waals surface area contributed by atoms with Crippen LogP contribution in [0.15, 0.2) is 5.11 Å². The van der Waals surface area contributed by atoms with E-state index in [0.29, 0.717) is 32.4 Å².